The number of hydrogen-bond acceptors (Lipinski definition) is 4. The molecule has 1 aromatic rings. The molecule has 0 bridgehead atoms. The Hall–Kier alpha value is -1.59. The molecule has 1 saturated heterocycles. The van der Waals surface area contributed by atoms with E-state index in [-0.39, 0.29) is 12.2 Å². The molecule has 1 amide bonds. The first-order valence-corrected chi connectivity index (χ1v) is 9.18. The summed E-state index contributed by atoms with van der Waals surface area (Å²) in [5.41, 5.74) is 0.841. The number of rotatable bonds is 8. The molecule has 1 fully saturated rings. The molecule has 1 aliphatic heterocycles. The van der Waals surface area contributed by atoms with E-state index < -0.39 is 0 Å². The van der Waals surface area contributed by atoms with Crippen LogP contribution in [0.15, 0.2) is 24.3 Å². The number of carbonyl (C=O) groups is 1. The fourth-order valence-electron chi connectivity index (χ4n) is 2.91. The van der Waals surface area contributed by atoms with E-state index in [0.717, 1.165) is 50.5 Å². The zero-order valence-electron chi connectivity index (χ0n) is 15.0. The number of likely N-dealkylation sites (tertiary alicyclic amines) is 1. The Balaban J connectivity index is 1.70. The van der Waals surface area contributed by atoms with Crippen molar-refractivity contribution in [1.82, 2.24) is 4.90 Å². The van der Waals surface area contributed by atoms with Crippen LogP contribution in [0.5, 0.6) is 5.75 Å². The predicted octanol–water partition coefficient (Wildman–Crippen LogP) is 3.07. The van der Waals surface area contributed by atoms with Gasteiger partial charge in [-0.1, -0.05) is 19.8 Å². The van der Waals surface area contributed by atoms with Gasteiger partial charge in [0.05, 0.1) is 6.61 Å². The topological polar surface area (TPSA) is 55.4 Å². The number of hydrogen-bond donors (Lipinski definition) is 1. The molecule has 5 nitrogen and oxygen atoms in total. The van der Waals surface area contributed by atoms with Crippen molar-refractivity contribution in [2.75, 3.05) is 26.2 Å². The zero-order valence-corrected chi connectivity index (χ0v) is 15.0. The molecule has 5 heteroatoms. The monoisotopic (exact) mass is 335 g/mol. The van der Waals surface area contributed by atoms with Gasteiger partial charge in [0.25, 0.3) is 0 Å². The van der Waals surface area contributed by atoms with Crippen molar-refractivity contribution in [3.05, 3.63) is 24.3 Å². The van der Waals surface area contributed by atoms with Crippen LogP contribution < -0.4 is 10.1 Å². The lowest BCUT2D eigenvalue weighted by molar-refractivity contribution is -0.484. The van der Waals surface area contributed by atoms with Gasteiger partial charge in [-0.3, -0.25) is 4.90 Å². The van der Waals surface area contributed by atoms with Crippen LogP contribution in [-0.4, -0.2) is 43.3 Å². The van der Waals surface area contributed by atoms with Crippen molar-refractivity contribution in [3.63, 3.8) is 0 Å². The van der Waals surface area contributed by atoms with E-state index in [9.17, 15) is 4.79 Å². The molecule has 1 aliphatic rings. The number of unbranched alkanes of at least 4 members (excludes halogenated alkanes) is 1. The normalized spacial score (nSPS) is 16.6. The lowest BCUT2D eigenvalue weighted by atomic mass is 10.1. The van der Waals surface area contributed by atoms with Gasteiger partial charge in [0.15, 0.2) is 0 Å². The van der Waals surface area contributed by atoms with E-state index >= 15 is 0 Å². The number of carbonyl (C=O) groups excluding carboxylic acids is 1. The van der Waals surface area contributed by atoms with Crippen LogP contribution in [0, 0.1) is 0 Å². The summed E-state index contributed by atoms with van der Waals surface area (Å²) in [6.07, 6.45) is 5.63. The first-order chi connectivity index (χ1) is 11.7. The third kappa shape index (κ3) is 6.89. The fraction of sp³-hybridized carbons (Fsp3) is 0.632. The molecule has 1 aromatic carbocycles. The van der Waals surface area contributed by atoms with Gasteiger partial charge < -0.3 is 9.47 Å². The Morgan fingerprint density at radius 2 is 1.92 bits per heavy atom. The molecular formula is C19H31N2O3+. The highest BCUT2D eigenvalue weighted by molar-refractivity contribution is 5.59. The SMILES string of the molecule is CCCCOc1ccc([NH2+]C(=O)O[C@@H](C)CN2CCCCC2)cc1. The van der Waals surface area contributed by atoms with Crippen LogP contribution >= 0.6 is 0 Å². The van der Waals surface area contributed by atoms with Crippen molar-refractivity contribution in [2.45, 2.75) is 52.1 Å². The van der Waals surface area contributed by atoms with Gasteiger partial charge in [-0.15, -0.1) is 0 Å². The summed E-state index contributed by atoms with van der Waals surface area (Å²) >= 11 is 0. The second-order valence-corrected chi connectivity index (χ2v) is 6.52. The molecule has 1 atom stereocenters. The van der Waals surface area contributed by atoms with Crippen molar-refractivity contribution >= 4 is 11.8 Å². The quantitative estimate of drug-likeness (QED) is 0.586. The largest absolute Gasteiger partial charge is 0.518 e. The highest BCUT2D eigenvalue weighted by Crippen LogP contribution is 2.13. The van der Waals surface area contributed by atoms with Gasteiger partial charge in [-0.05, 0) is 51.4 Å². The Morgan fingerprint density at radius 1 is 1.21 bits per heavy atom. The van der Waals surface area contributed by atoms with Gasteiger partial charge in [0.1, 0.15) is 17.5 Å². The second-order valence-electron chi connectivity index (χ2n) is 6.52. The van der Waals surface area contributed by atoms with Crippen LogP contribution in [0.25, 0.3) is 0 Å². The van der Waals surface area contributed by atoms with Gasteiger partial charge >= 0.3 is 6.09 Å². The van der Waals surface area contributed by atoms with Crippen molar-refractivity contribution in [2.24, 2.45) is 0 Å². The zero-order chi connectivity index (χ0) is 17.2. The standard InChI is InChI=1S/C19H30N2O3/c1-3-4-14-23-18-10-8-17(9-11-18)20-19(22)24-16(2)15-21-12-6-5-7-13-21/h8-11,16H,3-7,12-15H2,1-2H3,(H,20,22)/p+1/t16-/m0/s1. The number of benzene rings is 1. The van der Waals surface area contributed by atoms with E-state index in [2.05, 4.69) is 11.8 Å². The molecule has 0 spiro atoms. The summed E-state index contributed by atoms with van der Waals surface area (Å²) in [6.45, 7) is 7.89. The molecule has 2 rings (SSSR count). The van der Waals surface area contributed by atoms with Crippen molar-refractivity contribution < 1.29 is 19.6 Å². The van der Waals surface area contributed by atoms with E-state index in [1.807, 2.05) is 31.2 Å². The number of quaternary nitrogens is 1. The second kappa shape index (κ2) is 10.3. The number of nitrogens with two attached hydrogens (primary N) is 1. The van der Waals surface area contributed by atoms with E-state index in [4.69, 9.17) is 9.47 Å². The summed E-state index contributed by atoms with van der Waals surface area (Å²) in [7, 11) is 0. The third-order valence-corrected chi connectivity index (χ3v) is 4.21. The minimum absolute atomic E-state index is 0.0801. The van der Waals surface area contributed by atoms with Gasteiger partial charge in [0.2, 0.25) is 0 Å². The van der Waals surface area contributed by atoms with E-state index in [1.54, 1.807) is 5.32 Å². The number of amides is 1. The lowest BCUT2D eigenvalue weighted by Crippen LogP contribution is -2.82. The Bertz CT molecular complexity index is 484. The van der Waals surface area contributed by atoms with E-state index in [1.165, 1.54) is 19.3 Å². The number of ether oxygens (including phenoxy) is 2. The minimum atomic E-state index is -0.279. The van der Waals surface area contributed by atoms with Crippen LogP contribution in [0.2, 0.25) is 0 Å². The number of primary amides is 1. The molecule has 24 heavy (non-hydrogen) atoms. The van der Waals surface area contributed by atoms with Crippen molar-refractivity contribution in [3.8, 4) is 5.75 Å². The molecule has 2 N–H and O–H groups in total. The van der Waals surface area contributed by atoms with Gasteiger partial charge in [-0.2, -0.15) is 4.79 Å². The minimum Gasteiger partial charge on any atom is -0.494 e. The number of nitrogens with zero attached hydrogens (tertiary/aromatic N) is 1. The molecule has 0 aliphatic carbocycles. The Morgan fingerprint density at radius 3 is 2.58 bits per heavy atom. The van der Waals surface area contributed by atoms with Gasteiger partial charge in [-0.25, -0.2) is 5.32 Å². The van der Waals surface area contributed by atoms with Crippen LogP contribution in [-0.2, 0) is 4.74 Å². The summed E-state index contributed by atoms with van der Waals surface area (Å²) in [6, 6.07) is 7.56. The summed E-state index contributed by atoms with van der Waals surface area (Å²) in [5.74, 6) is 0.840. The van der Waals surface area contributed by atoms with Gasteiger partial charge in [0, 0.05) is 18.7 Å². The molecule has 0 aromatic heterocycles. The predicted molar refractivity (Wildman–Crippen MR) is 94.7 cm³/mol. The maximum absolute atomic E-state index is 12.0. The Labute approximate surface area is 145 Å². The summed E-state index contributed by atoms with van der Waals surface area (Å²) in [5, 5.41) is 1.54. The highest BCUT2D eigenvalue weighted by atomic mass is 16.6. The van der Waals surface area contributed by atoms with Crippen LogP contribution in [0.4, 0.5) is 10.5 Å². The molecular weight excluding hydrogens is 304 g/mol. The Kier molecular flexibility index (Phi) is 8.05. The summed E-state index contributed by atoms with van der Waals surface area (Å²) in [4.78, 5) is 14.4. The smallest absolute Gasteiger partial charge is 0.494 e. The first kappa shape index (κ1) is 18.7. The molecule has 0 saturated carbocycles. The lowest BCUT2D eigenvalue weighted by Gasteiger charge is -2.28. The molecule has 134 valence electrons. The van der Waals surface area contributed by atoms with E-state index in [0.29, 0.717) is 0 Å². The maximum Gasteiger partial charge on any atom is 0.518 e. The summed E-state index contributed by atoms with van der Waals surface area (Å²) < 4.78 is 11.1. The maximum atomic E-state index is 12.0. The average Bonchev–Trinajstić information content (AvgIpc) is 2.57. The molecule has 1 heterocycles. The molecule has 0 unspecified atom stereocenters. The van der Waals surface area contributed by atoms with Crippen LogP contribution in [0.3, 0.4) is 0 Å². The third-order valence-electron chi connectivity index (χ3n) is 4.21. The molecule has 0 radical (unpaired) electrons. The first-order valence-electron chi connectivity index (χ1n) is 9.18. The average molecular weight is 335 g/mol. The van der Waals surface area contributed by atoms with Crippen molar-refractivity contribution in [1.29, 1.82) is 0 Å². The highest BCUT2D eigenvalue weighted by Gasteiger charge is 2.18. The number of piperidine rings is 1. The van der Waals surface area contributed by atoms with Crippen LogP contribution in [0.1, 0.15) is 46.0 Å². The fourth-order valence-corrected chi connectivity index (χ4v) is 2.91.